The Labute approximate surface area is 107 Å². The van der Waals surface area contributed by atoms with Crippen LogP contribution in [0.1, 0.15) is 18.4 Å². The lowest BCUT2D eigenvalue weighted by molar-refractivity contribution is -0.114. The number of hydrogen-bond acceptors (Lipinski definition) is 4. The fourth-order valence-corrected chi connectivity index (χ4v) is 1.94. The first-order chi connectivity index (χ1) is 8.72. The highest BCUT2D eigenvalue weighted by atomic mass is 16.5. The molecule has 1 aromatic carbocycles. The quantitative estimate of drug-likeness (QED) is 0.865. The summed E-state index contributed by atoms with van der Waals surface area (Å²) >= 11 is 0. The second kappa shape index (κ2) is 5.58. The van der Waals surface area contributed by atoms with Gasteiger partial charge in [0.05, 0.1) is 14.2 Å². The van der Waals surface area contributed by atoms with E-state index in [0.717, 1.165) is 29.2 Å². The molecule has 0 saturated carbocycles. The largest absolute Gasteiger partial charge is 0.497 e. The summed E-state index contributed by atoms with van der Waals surface area (Å²) in [5.41, 5.74) is 2.04. The third-order valence-corrected chi connectivity index (χ3v) is 2.98. The Balaban J connectivity index is 2.04. The van der Waals surface area contributed by atoms with E-state index in [0.29, 0.717) is 13.0 Å². The highest BCUT2D eigenvalue weighted by Crippen LogP contribution is 2.25. The van der Waals surface area contributed by atoms with Crippen LogP contribution in [0.3, 0.4) is 0 Å². The second-order valence-electron chi connectivity index (χ2n) is 4.17. The number of nitrogens with one attached hydrogen (secondary N) is 1. The molecule has 0 fully saturated rings. The lowest BCUT2D eigenvalue weighted by Crippen LogP contribution is -2.12. The van der Waals surface area contributed by atoms with Crippen molar-refractivity contribution in [2.24, 2.45) is 0 Å². The van der Waals surface area contributed by atoms with E-state index in [1.54, 1.807) is 20.3 Å². The molecule has 0 spiro atoms. The molecule has 0 amide bonds. The van der Waals surface area contributed by atoms with Gasteiger partial charge in [0.2, 0.25) is 0 Å². The smallest absolute Gasteiger partial charge is 0.157 e. The molecule has 18 heavy (non-hydrogen) atoms. The summed E-state index contributed by atoms with van der Waals surface area (Å²) in [6.07, 6.45) is 3.09. The van der Waals surface area contributed by atoms with Gasteiger partial charge in [0.25, 0.3) is 0 Å². The number of rotatable bonds is 5. The maximum Gasteiger partial charge on any atom is 0.157 e. The van der Waals surface area contributed by atoms with E-state index in [4.69, 9.17) is 9.47 Å². The predicted molar refractivity (Wildman–Crippen MR) is 68.7 cm³/mol. The SMILES string of the molecule is COc1ccc(CNC2=CC(=O)CC2)c(OC)c1. The number of carbonyl (C=O) groups is 1. The van der Waals surface area contributed by atoms with E-state index in [-0.39, 0.29) is 5.78 Å². The van der Waals surface area contributed by atoms with E-state index in [1.165, 1.54) is 0 Å². The van der Waals surface area contributed by atoms with Gasteiger partial charge in [-0.3, -0.25) is 4.79 Å². The Bertz CT molecular complexity index is 480. The molecular weight excluding hydrogens is 230 g/mol. The van der Waals surface area contributed by atoms with Crippen molar-refractivity contribution >= 4 is 5.78 Å². The number of allylic oxidation sites excluding steroid dienone is 2. The Morgan fingerprint density at radius 3 is 2.67 bits per heavy atom. The van der Waals surface area contributed by atoms with Crippen molar-refractivity contribution in [1.82, 2.24) is 5.32 Å². The van der Waals surface area contributed by atoms with Crippen LogP contribution in [0.15, 0.2) is 30.0 Å². The molecule has 96 valence electrons. The van der Waals surface area contributed by atoms with Crippen molar-refractivity contribution in [2.75, 3.05) is 14.2 Å². The maximum atomic E-state index is 11.1. The van der Waals surface area contributed by atoms with Gasteiger partial charge in [-0.15, -0.1) is 0 Å². The summed E-state index contributed by atoms with van der Waals surface area (Å²) in [5.74, 6) is 1.75. The Kier molecular flexibility index (Phi) is 3.87. The second-order valence-corrected chi connectivity index (χ2v) is 4.17. The molecule has 0 unspecified atom stereocenters. The normalized spacial score (nSPS) is 14.3. The van der Waals surface area contributed by atoms with Crippen LogP contribution in [-0.4, -0.2) is 20.0 Å². The Morgan fingerprint density at radius 1 is 1.22 bits per heavy atom. The summed E-state index contributed by atoms with van der Waals surface area (Å²) in [4.78, 5) is 11.1. The lowest BCUT2D eigenvalue weighted by Gasteiger charge is -2.12. The van der Waals surface area contributed by atoms with Crippen LogP contribution < -0.4 is 14.8 Å². The number of carbonyl (C=O) groups excluding carboxylic acids is 1. The molecule has 0 saturated heterocycles. The number of ether oxygens (including phenoxy) is 2. The lowest BCUT2D eigenvalue weighted by atomic mass is 10.2. The van der Waals surface area contributed by atoms with Gasteiger partial charge in [0.15, 0.2) is 5.78 Å². The molecule has 0 heterocycles. The zero-order chi connectivity index (χ0) is 13.0. The van der Waals surface area contributed by atoms with Crippen LogP contribution in [-0.2, 0) is 11.3 Å². The molecule has 1 aliphatic rings. The minimum atomic E-state index is 0.194. The first-order valence-electron chi connectivity index (χ1n) is 5.91. The molecule has 0 aromatic heterocycles. The molecule has 0 bridgehead atoms. The van der Waals surface area contributed by atoms with Gasteiger partial charge in [0.1, 0.15) is 11.5 Å². The first kappa shape index (κ1) is 12.5. The molecule has 1 aromatic rings. The predicted octanol–water partition coefficient (Wildman–Crippen LogP) is 2.04. The van der Waals surface area contributed by atoms with Crippen LogP contribution >= 0.6 is 0 Å². The summed E-state index contributed by atoms with van der Waals surface area (Å²) in [6.45, 7) is 0.645. The molecule has 0 aliphatic heterocycles. The number of hydrogen-bond donors (Lipinski definition) is 1. The topological polar surface area (TPSA) is 47.6 Å². The van der Waals surface area contributed by atoms with Gasteiger partial charge in [-0.1, -0.05) is 0 Å². The highest BCUT2D eigenvalue weighted by molar-refractivity contribution is 5.92. The van der Waals surface area contributed by atoms with Gasteiger partial charge in [-0.2, -0.15) is 0 Å². The Morgan fingerprint density at radius 2 is 2.06 bits per heavy atom. The number of methoxy groups -OCH3 is 2. The molecule has 1 aliphatic carbocycles. The molecule has 0 radical (unpaired) electrons. The standard InChI is InChI=1S/C14H17NO3/c1-17-13-6-3-10(14(8-13)18-2)9-15-11-4-5-12(16)7-11/h3,6-8,15H,4-5,9H2,1-2H3. The van der Waals surface area contributed by atoms with Gasteiger partial charge < -0.3 is 14.8 Å². The third-order valence-electron chi connectivity index (χ3n) is 2.98. The number of ketones is 1. The molecule has 4 nitrogen and oxygen atoms in total. The summed E-state index contributed by atoms with van der Waals surface area (Å²) in [5, 5.41) is 3.26. The first-order valence-corrected chi connectivity index (χ1v) is 5.91. The highest BCUT2D eigenvalue weighted by Gasteiger charge is 2.12. The molecule has 4 heteroatoms. The van der Waals surface area contributed by atoms with Crippen molar-refractivity contribution in [1.29, 1.82) is 0 Å². The van der Waals surface area contributed by atoms with E-state index in [9.17, 15) is 4.79 Å². The van der Waals surface area contributed by atoms with Gasteiger partial charge in [-0.25, -0.2) is 0 Å². The van der Waals surface area contributed by atoms with E-state index in [2.05, 4.69) is 5.32 Å². The zero-order valence-corrected chi connectivity index (χ0v) is 10.7. The van der Waals surface area contributed by atoms with Crippen molar-refractivity contribution in [3.05, 3.63) is 35.5 Å². The molecular formula is C14H17NO3. The molecule has 1 N–H and O–H groups in total. The molecule has 2 rings (SSSR count). The third kappa shape index (κ3) is 2.83. The minimum absolute atomic E-state index is 0.194. The van der Waals surface area contributed by atoms with Crippen LogP contribution in [0, 0.1) is 0 Å². The van der Waals surface area contributed by atoms with Crippen LogP contribution in [0.5, 0.6) is 11.5 Å². The zero-order valence-electron chi connectivity index (χ0n) is 10.7. The van der Waals surface area contributed by atoms with Gasteiger partial charge in [-0.05, 0) is 18.6 Å². The average Bonchev–Trinajstić information content (AvgIpc) is 2.82. The van der Waals surface area contributed by atoms with Crippen LogP contribution in [0.25, 0.3) is 0 Å². The fraction of sp³-hybridized carbons (Fsp3) is 0.357. The van der Waals surface area contributed by atoms with Crippen LogP contribution in [0.2, 0.25) is 0 Å². The van der Waals surface area contributed by atoms with E-state index < -0.39 is 0 Å². The fourth-order valence-electron chi connectivity index (χ4n) is 1.94. The summed E-state index contributed by atoms with van der Waals surface area (Å²) in [6, 6.07) is 5.71. The van der Waals surface area contributed by atoms with Crippen molar-refractivity contribution in [2.45, 2.75) is 19.4 Å². The summed E-state index contributed by atoms with van der Waals surface area (Å²) < 4.78 is 10.5. The van der Waals surface area contributed by atoms with Gasteiger partial charge >= 0.3 is 0 Å². The number of benzene rings is 1. The average molecular weight is 247 g/mol. The molecule has 0 atom stereocenters. The Hall–Kier alpha value is -1.97. The van der Waals surface area contributed by atoms with Crippen molar-refractivity contribution in [3.63, 3.8) is 0 Å². The van der Waals surface area contributed by atoms with Gasteiger partial charge in [0, 0.05) is 36.4 Å². The summed E-state index contributed by atoms with van der Waals surface area (Å²) in [7, 11) is 3.26. The monoisotopic (exact) mass is 247 g/mol. The van der Waals surface area contributed by atoms with Crippen molar-refractivity contribution < 1.29 is 14.3 Å². The van der Waals surface area contributed by atoms with E-state index in [1.807, 2.05) is 18.2 Å². The maximum absolute atomic E-state index is 11.1. The van der Waals surface area contributed by atoms with Crippen LogP contribution in [0.4, 0.5) is 0 Å². The van der Waals surface area contributed by atoms with E-state index >= 15 is 0 Å². The van der Waals surface area contributed by atoms with Crippen molar-refractivity contribution in [3.8, 4) is 11.5 Å². The minimum Gasteiger partial charge on any atom is -0.497 e.